The van der Waals surface area contributed by atoms with Gasteiger partial charge in [0.25, 0.3) is 0 Å². The molecule has 0 spiro atoms. The van der Waals surface area contributed by atoms with Crippen molar-refractivity contribution in [3.05, 3.63) is 42.3 Å². The molecule has 0 bridgehead atoms. The first-order valence-corrected chi connectivity index (χ1v) is 3.98. The Hall–Kier alpha value is -0.860. The second-order valence-electron chi connectivity index (χ2n) is 2.62. The van der Waals surface area contributed by atoms with Gasteiger partial charge in [-0.05, 0) is 6.07 Å². The number of hydrogen-bond donors (Lipinski definition) is 0. The van der Waals surface area contributed by atoms with Crippen LogP contribution in [-0.4, -0.2) is 13.2 Å². The maximum Gasteiger partial charge on any atom is 0.183 e. The lowest BCUT2D eigenvalue weighted by Gasteiger charge is -2.22. The Kier molecular flexibility index (Phi) is 2.39. The maximum absolute atomic E-state index is 5.37. The Morgan fingerprint density at radius 2 is 1.83 bits per heavy atom. The quantitative estimate of drug-likeness (QED) is 0.626. The molecular formula is C10H10O2. The van der Waals surface area contributed by atoms with E-state index in [1.165, 1.54) is 0 Å². The molecule has 1 saturated heterocycles. The molecule has 1 heterocycles. The monoisotopic (exact) mass is 162 g/mol. The van der Waals surface area contributed by atoms with Crippen molar-refractivity contribution < 1.29 is 9.47 Å². The first-order valence-electron chi connectivity index (χ1n) is 3.98. The van der Waals surface area contributed by atoms with E-state index >= 15 is 0 Å². The topological polar surface area (TPSA) is 18.5 Å². The Morgan fingerprint density at radius 3 is 2.50 bits per heavy atom. The summed E-state index contributed by atoms with van der Waals surface area (Å²) >= 11 is 0. The number of benzene rings is 1. The minimum Gasteiger partial charge on any atom is -0.348 e. The molecule has 1 aromatic rings. The fourth-order valence-corrected chi connectivity index (χ4v) is 1.16. The third-order valence-electron chi connectivity index (χ3n) is 1.75. The number of ether oxygens (including phenoxy) is 2. The van der Waals surface area contributed by atoms with Crippen LogP contribution in [0.4, 0.5) is 0 Å². The molecule has 1 aromatic carbocycles. The van der Waals surface area contributed by atoms with Gasteiger partial charge in [0, 0.05) is 12.0 Å². The van der Waals surface area contributed by atoms with Gasteiger partial charge in [-0.15, -0.1) is 0 Å². The van der Waals surface area contributed by atoms with Crippen molar-refractivity contribution >= 4 is 0 Å². The summed E-state index contributed by atoms with van der Waals surface area (Å²) in [5, 5.41) is 0. The van der Waals surface area contributed by atoms with Crippen molar-refractivity contribution in [2.24, 2.45) is 0 Å². The van der Waals surface area contributed by atoms with Crippen molar-refractivity contribution in [1.29, 1.82) is 0 Å². The molecule has 0 aliphatic carbocycles. The zero-order valence-electron chi connectivity index (χ0n) is 6.69. The van der Waals surface area contributed by atoms with Crippen LogP contribution in [0.25, 0.3) is 0 Å². The molecular weight excluding hydrogens is 152 g/mol. The highest BCUT2D eigenvalue weighted by atomic mass is 16.7. The summed E-state index contributed by atoms with van der Waals surface area (Å²) in [6.07, 6.45) is 1.77. The van der Waals surface area contributed by atoms with Crippen LogP contribution in [0.15, 0.2) is 24.3 Å². The second kappa shape index (κ2) is 3.70. The molecule has 0 amide bonds. The SMILES string of the molecule is [c]1ccc(C2OC[CH]CO2)cc1. The van der Waals surface area contributed by atoms with Crippen molar-refractivity contribution in [3.8, 4) is 0 Å². The normalized spacial score (nSPS) is 19.3. The third kappa shape index (κ3) is 1.65. The first-order chi connectivity index (χ1) is 5.97. The molecule has 0 unspecified atom stereocenters. The van der Waals surface area contributed by atoms with E-state index < -0.39 is 0 Å². The summed E-state index contributed by atoms with van der Waals surface area (Å²) in [5.41, 5.74) is 1.06. The average Bonchev–Trinajstić information content (AvgIpc) is 2.21. The van der Waals surface area contributed by atoms with Crippen LogP contribution < -0.4 is 0 Å². The van der Waals surface area contributed by atoms with Gasteiger partial charge in [-0.3, -0.25) is 0 Å². The highest BCUT2D eigenvalue weighted by Gasteiger charge is 2.15. The molecule has 1 fully saturated rings. The fraction of sp³-hybridized carbons (Fsp3) is 0.300. The highest BCUT2D eigenvalue weighted by Crippen LogP contribution is 2.21. The van der Waals surface area contributed by atoms with Crippen LogP contribution in [0.2, 0.25) is 0 Å². The van der Waals surface area contributed by atoms with E-state index in [9.17, 15) is 0 Å². The molecule has 1 aliphatic rings. The molecule has 2 heteroatoms. The van der Waals surface area contributed by atoms with E-state index in [0.717, 1.165) is 5.56 Å². The zero-order chi connectivity index (χ0) is 8.23. The number of hydrogen-bond acceptors (Lipinski definition) is 2. The molecule has 62 valence electrons. The molecule has 2 radical (unpaired) electrons. The summed E-state index contributed by atoms with van der Waals surface area (Å²) in [7, 11) is 0. The van der Waals surface area contributed by atoms with Crippen molar-refractivity contribution in [1.82, 2.24) is 0 Å². The summed E-state index contributed by atoms with van der Waals surface area (Å²) in [5.74, 6) is 0. The van der Waals surface area contributed by atoms with Crippen molar-refractivity contribution in [3.63, 3.8) is 0 Å². The highest BCUT2D eigenvalue weighted by molar-refractivity contribution is 5.15. The van der Waals surface area contributed by atoms with Gasteiger partial charge in [-0.2, -0.15) is 0 Å². The van der Waals surface area contributed by atoms with Gasteiger partial charge in [0.2, 0.25) is 0 Å². The van der Waals surface area contributed by atoms with Gasteiger partial charge in [0.15, 0.2) is 6.29 Å². The molecule has 2 rings (SSSR count). The number of rotatable bonds is 1. The summed E-state index contributed by atoms with van der Waals surface area (Å²) in [6, 6.07) is 10.6. The van der Waals surface area contributed by atoms with Crippen LogP contribution in [0.3, 0.4) is 0 Å². The molecule has 12 heavy (non-hydrogen) atoms. The van der Waals surface area contributed by atoms with E-state index in [4.69, 9.17) is 9.47 Å². The lowest BCUT2D eigenvalue weighted by molar-refractivity contribution is -0.163. The van der Waals surface area contributed by atoms with E-state index in [2.05, 4.69) is 6.07 Å². The van der Waals surface area contributed by atoms with Crippen LogP contribution >= 0.6 is 0 Å². The summed E-state index contributed by atoms with van der Waals surface area (Å²) < 4.78 is 10.7. The standard InChI is InChI=1S/C10H10O2/c1-2-5-9(6-3-1)10-11-7-4-8-12-10/h2-6,10H,7-8H2. The molecule has 1 aliphatic heterocycles. The van der Waals surface area contributed by atoms with Crippen molar-refractivity contribution in [2.45, 2.75) is 6.29 Å². The lowest BCUT2D eigenvalue weighted by Crippen LogP contribution is -2.18. The predicted molar refractivity (Wildman–Crippen MR) is 44.2 cm³/mol. The molecule has 2 nitrogen and oxygen atoms in total. The van der Waals surface area contributed by atoms with Gasteiger partial charge < -0.3 is 9.47 Å². The predicted octanol–water partition coefficient (Wildman–Crippen LogP) is 1.74. The van der Waals surface area contributed by atoms with Crippen LogP contribution in [0.5, 0.6) is 0 Å². The van der Waals surface area contributed by atoms with E-state index in [-0.39, 0.29) is 6.29 Å². The van der Waals surface area contributed by atoms with Crippen LogP contribution in [0, 0.1) is 12.5 Å². The van der Waals surface area contributed by atoms with E-state index in [1.54, 1.807) is 0 Å². The van der Waals surface area contributed by atoms with Crippen LogP contribution in [-0.2, 0) is 9.47 Å². The average molecular weight is 162 g/mol. The second-order valence-corrected chi connectivity index (χ2v) is 2.62. The fourth-order valence-electron chi connectivity index (χ4n) is 1.16. The minimum atomic E-state index is -0.190. The van der Waals surface area contributed by atoms with Crippen LogP contribution in [0.1, 0.15) is 11.9 Å². The smallest absolute Gasteiger partial charge is 0.183 e. The minimum absolute atomic E-state index is 0.190. The molecule has 0 N–H and O–H groups in total. The zero-order valence-corrected chi connectivity index (χ0v) is 6.69. The van der Waals surface area contributed by atoms with E-state index in [1.807, 2.05) is 30.7 Å². The molecule has 0 saturated carbocycles. The Labute approximate surface area is 72.1 Å². The van der Waals surface area contributed by atoms with Gasteiger partial charge in [-0.25, -0.2) is 0 Å². The van der Waals surface area contributed by atoms with Gasteiger partial charge in [-0.1, -0.05) is 24.3 Å². The van der Waals surface area contributed by atoms with E-state index in [0.29, 0.717) is 13.2 Å². The lowest BCUT2D eigenvalue weighted by atomic mass is 10.2. The van der Waals surface area contributed by atoms with Gasteiger partial charge in [0.1, 0.15) is 0 Å². The summed E-state index contributed by atoms with van der Waals surface area (Å²) in [6.45, 7) is 1.34. The molecule has 0 atom stereocenters. The maximum atomic E-state index is 5.37. The molecule has 0 aromatic heterocycles. The largest absolute Gasteiger partial charge is 0.348 e. The third-order valence-corrected chi connectivity index (χ3v) is 1.75. The Bertz CT molecular complexity index is 227. The van der Waals surface area contributed by atoms with Crippen molar-refractivity contribution in [2.75, 3.05) is 13.2 Å². The Morgan fingerprint density at radius 1 is 1.17 bits per heavy atom. The Balaban J connectivity index is 2.08. The first kappa shape index (κ1) is 7.77. The van der Waals surface area contributed by atoms with Gasteiger partial charge >= 0.3 is 0 Å². The summed E-state index contributed by atoms with van der Waals surface area (Å²) in [4.78, 5) is 0. The van der Waals surface area contributed by atoms with Gasteiger partial charge in [0.05, 0.1) is 13.2 Å².